The topological polar surface area (TPSA) is 18.1 Å². The highest BCUT2D eigenvalue weighted by Gasteiger charge is 2.15. The van der Waals surface area contributed by atoms with Crippen LogP contribution in [-0.2, 0) is 0 Å². The second-order valence-corrected chi connectivity index (χ2v) is 8.78. The molecular weight excluding hydrogens is 426 g/mol. The SMILES string of the molecule is Clc1ccc2c(c1)oc1c(-c3cccc(-n4c5ccccc5c5ccccc54)c3)cccc12. The van der Waals surface area contributed by atoms with Gasteiger partial charge in [-0.05, 0) is 42.0 Å². The molecule has 7 aromatic rings. The molecule has 0 radical (unpaired) electrons. The van der Waals surface area contributed by atoms with Crippen molar-refractivity contribution < 1.29 is 4.42 Å². The number of halogens is 1. The number of fused-ring (bicyclic) bond motifs is 6. The highest BCUT2D eigenvalue weighted by molar-refractivity contribution is 6.31. The average molecular weight is 444 g/mol. The lowest BCUT2D eigenvalue weighted by atomic mass is 10.0. The van der Waals surface area contributed by atoms with Crippen LogP contribution in [0.4, 0.5) is 0 Å². The van der Waals surface area contributed by atoms with Gasteiger partial charge in [-0.15, -0.1) is 0 Å². The molecule has 0 saturated carbocycles. The number of para-hydroxylation sites is 3. The molecule has 33 heavy (non-hydrogen) atoms. The molecule has 7 rings (SSSR count). The van der Waals surface area contributed by atoms with Gasteiger partial charge in [0.05, 0.1) is 11.0 Å². The van der Waals surface area contributed by atoms with Crippen molar-refractivity contribution in [2.75, 3.05) is 0 Å². The largest absolute Gasteiger partial charge is 0.455 e. The molecule has 2 aromatic heterocycles. The number of hydrogen-bond donors (Lipinski definition) is 0. The number of hydrogen-bond acceptors (Lipinski definition) is 1. The number of aromatic nitrogens is 1. The molecule has 5 aromatic carbocycles. The first-order valence-electron chi connectivity index (χ1n) is 11.0. The minimum atomic E-state index is 0.677. The van der Waals surface area contributed by atoms with Gasteiger partial charge in [-0.1, -0.05) is 78.3 Å². The van der Waals surface area contributed by atoms with E-state index in [4.69, 9.17) is 16.0 Å². The van der Waals surface area contributed by atoms with Gasteiger partial charge in [0, 0.05) is 43.9 Å². The van der Waals surface area contributed by atoms with E-state index in [1.165, 1.54) is 21.8 Å². The van der Waals surface area contributed by atoms with E-state index < -0.39 is 0 Å². The third kappa shape index (κ3) is 2.75. The van der Waals surface area contributed by atoms with Crippen molar-refractivity contribution in [3.05, 3.63) is 114 Å². The molecule has 2 nitrogen and oxygen atoms in total. The molecule has 0 amide bonds. The zero-order valence-electron chi connectivity index (χ0n) is 17.6. The third-order valence-corrected chi connectivity index (χ3v) is 6.69. The smallest absolute Gasteiger partial charge is 0.143 e. The fourth-order valence-electron chi connectivity index (χ4n) is 5.01. The van der Waals surface area contributed by atoms with Crippen LogP contribution in [0.2, 0.25) is 5.02 Å². The second kappa shape index (κ2) is 6.99. The molecule has 0 fully saturated rings. The molecule has 0 aliphatic rings. The minimum Gasteiger partial charge on any atom is -0.455 e. The number of rotatable bonds is 2. The average Bonchev–Trinajstić information content (AvgIpc) is 3.39. The van der Waals surface area contributed by atoms with Crippen molar-refractivity contribution in [2.24, 2.45) is 0 Å². The van der Waals surface area contributed by atoms with Crippen LogP contribution in [-0.4, -0.2) is 4.57 Å². The molecule has 0 spiro atoms. The van der Waals surface area contributed by atoms with Gasteiger partial charge < -0.3 is 8.98 Å². The first-order chi connectivity index (χ1) is 16.3. The van der Waals surface area contributed by atoms with Gasteiger partial charge in [0.2, 0.25) is 0 Å². The molecule has 0 saturated heterocycles. The van der Waals surface area contributed by atoms with Gasteiger partial charge in [0.25, 0.3) is 0 Å². The maximum Gasteiger partial charge on any atom is 0.143 e. The van der Waals surface area contributed by atoms with E-state index >= 15 is 0 Å². The summed E-state index contributed by atoms with van der Waals surface area (Å²) in [5.41, 5.74) is 7.41. The lowest BCUT2D eigenvalue weighted by Crippen LogP contribution is -1.94. The molecule has 2 heterocycles. The van der Waals surface area contributed by atoms with Gasteiger partial charge in [-0.3, -0.25) is 0 Å². The van der Waals surface area contributed by atoms with Gasteiger partial charge in [0.1, 0.15) is 11.2 Å². The van der Waals surface area contributed by atoms with E-state index in [0.717, 1.165) is 38.8 Å². The quantitative estimate of drug-likeness (QED) is 0.260. The molecule has 0 aliphatic carbocycles. The van der Waals surface area contributed by atoms with E-state index in [-0.39, 0.29) is 0 Å². The summed E-state index contributed by atoms with van der Waals surface area (Å²) in [6, 6.07) is 38.0. The lowest BCUT2D eigenvalue weighted by molar-refractivity contribution is 0.670. The Bertz CT molecular complexity index is 1790. The van der Waals surface area contributed by atoms with Crippen LogP contribution in [0.1, 0.15) is 0 Å². The summed E-state index contributed by atoms with van der Waals surface area (Å²) < 4.78 is 8.64. The Morgan fingerprint density at radius 3 is 2.06 bits per heavy atom. The van der Waals surface area contributed by atoms with Crippen LogP contribution < -0.4 is 0 Å². The molecule has 0 aliphatic heterocycles. The summed E-state index contributed by atoms with van der Waals surface area (Å²) in [6.07, 6.45) is 0. The van der Waals surface area contributed by atoms with Crippen molar-refractivity contribution in [1.82, 2.24) is 4.57 Å². The van der Waals surface area contributed by atoms with Gasteiger partial charge in [0.15, 0.2) is 0 Å². The summed E-state index contributed by atoms with van der Waals surface area (Å²) in [6.45, 7) is 0. The molecule has 0 atom stereocenters. The summed E-state index contributed by atoms with van der Waals surface area (Å²) >= 11 is 6.21. The predicted octanol–water partition coefficient (Wildman–Crippen LogP) is 9.00. The van der Waals surface area contributed by atoms with Gasteiger partial charge in [-0.25, -0.2) is 0 Å². The standard InChI is InChI=1S/C30H18ClNO/c31-20-15-16-25-26-12-6-11-22(30(26)33-29(25)18-20)19-7-5-8-21(17-19)32-27-13-3-1-9-23(27)24-10-2-4-14-28(24)32/h1-18H. The van der Waals surface area contributed by atoms with Crippen molar-refractivity contribution in [3.63, 3.8) is 0 Å². The highest BCUT2D eigenvalue weighted by Crippen LogP contribution is 2.38. The van der Waals surface area contributed by atoms with Gasteiger partial charge >= 0.3 is 0 Å². The highest BCUT2D eigenvalue weighted by atomic mass is 35.5. The van der Waals surface area contributed by atoms with Crippen molar-refractivity contribution in [2.45, 2.75) is 0 Å². The Morgan fingerprint density at radius 1 is 0.576 bits per heavy atom. The van der Waals surface area contributed by atoms with E-state index in [9.17, 15) is 0 Å². The maximum atomic E-state index is 6.30. The Labute approximate surface area is 195 Å². The molecule has 3 heteroatoms. The van der Waals surface area contributed by atoms with E-state index in [2.05, 4.69) is 95.6 Å². The van der Waals surface area contributed by atoms with Crippen molar-refractivity contribution in [1.29, 1.82) is 0 Å². The first kappa shape index (κ1) is 18.6. The van der Waals surface area contributed by atoms with Crippen LogP contribution in [0, 0.1) is 0 Å². The zero-order chi connectivity index (χ0) is 21.9. The van der Waals surface area contributed by atoms with Crippen molar-refractivity contribution >= 4 is 55.3 Å². The minimum absolute atomic E-state index is 0.677. The van der Waals surface area contributed by atoms with Crippen molar-refractivity contribution in [3.8, 4) is 16.8 Å². The molecular formula is C30H18ClNO. The summed E-state index contributed by atoms with van der Waals surface area (Å²) in [5, 5.41) is 5.37. The number of benzene rings is 5. The molecule has 0 N–H and O–H groups in total. The Balaban J connectivity index is 1.49. The first-order valence-corrected chi connectivity index (χ1v) is 11.4. The molecule has 0 unspecified atom stereocenters. The Morgan fingerprint density at radius 2 is 1.27 bits per heavy atom. The summed E-state index contributed by atoms with van der Waals surface area (Å²) in [5.74, 6) is 0. The second-order valence-electron chi connectivity index (χ2n) is 8.34. The van der Waals surface area contributed by atoms with Crippen LogP contribution in [0.3, 0.4) is 0 Å². The van der Waals surface area contributed by atoms with E-state index in [0.29, 0.717) is 5.02 Å². The number of furan rings is 1. The monoisotopic (exact) mass is 443 g/mol. The van der Waals surface area contributed by atoms with E-state index in [1.807, 2.05) is 18.2 Å². The van der Waals surface area contributed by atoms with Crippen LogP contribution in [0.5, 0.6) is 0 Å². The summed E-state index contributed by atoms with van der Waals surface area (Å²) in [4.78, 5) is 0. The van der Waals surface area contributed by atoms with Gasteiger partial charge in [-0.2, -0.15) is 0 Å². The maximum absolute atomic E-state index is 6.30. The number of nitrogens with zero attached hydrogens (tertiary/aromatic N) is 1. The van der Waals surface area contributed by atoms with Crippen LogP contribution >= 0.6 is 11.6 Å². The van der Waals surface area contributed by atoms with Crippen LogP contribution in [0.15, 0.2) is 114 Å². The summed E-state index contributed by atoms with van der Waals surface area (Å²) in [7, 11) is 0. The fourth-order valence-corrected chi connectivity index (χ4v) is 5.17. The zero-order valence-corrected chi connectivity index (χ0v) is 18.4. The van der Waals surface area contributed by atoms with E-state index in [1.54, 1.807) is 0 Å². The normalized spacial score (nSPS) is 11.8. The Hall–Kier alpha value is -4.01. The molecule has 156 valence electrons. The fraction of sp³-hybridized carbons (Fsp3) is 0. The predicted molar refractivity (Wildman–Crippen MR) is 139 cm³/mol. The Kier molecular flexibility index (Phi) is 3.93. The van der Waals surface area contributed by atoms with Crippen LogP contribution in [0.25, 0.3) is 60.6 Å². The molecule has 0 bridgehead atoms. The third-order valence-electron chi connectivity index (χ3n) is 6.46. The lowest BCUT2D eigenvalue weighted by Gasteiger charge is -2.10.